The average molecular weight is 391 g/mol. The van der Waals surface area contributed by atoms with E-state index in [0.717, 1.165) is 36.6 Å². The highest BCUT2D eigenvalue weighted by atomic mass is 19.4. The number of carbonyl (C=O) groups is 1. The van der Waals surface area contributed by atoms with Crippen LogP contribution in [0.1, 0.15) is 16.7 Å². The van der Waals surface area contributed by atoms with Gasteiger partial charge in [-0.1, -0.05) is 18.2 Å². The minimum absolute atomic E-state index is 0.312. The molecule has 1 aliphatic rings. The van der Waals surface area contributed by atoms with Crippen molar-refractivity contribution in [3.8, 4) is 0 Å². The number of nitrogens with zero attached hydrogens (tertiary/aromatic N) is 2. The minimum atomic E-state index is -4.37. The van der Waals surface area contributed by atoms with Crippen LogP contribution in [0, 0.1) is 0 Å². The largest absolute Gasteiger partial charge is 0.416 e. The number of morpholine rings is 1. The van der Waals surface area contributed by atoms with Gasteiger partial charge in [0.15, 0.2) is 0 Å². The summed E-state index contributed by atoms with van der Waals surface area (Å²) in [6.07, 6.45) is 0.100. The van der Waals surface area contributed by atoms with E-state index >= 15 is 0 Å². The SMILES string of the molecule is O=C(C=Cc1ccc(C(F)(F)F)cc1)NCc1ccc(N2CCOCC2)nc1. The van der Waals surface area contributed by atoms with Gasteiger partial charge >= 0.3 is 6.18 Å². The summed E-state index contributed by atoms with van der Waals surface area (Å²) in [6.45, 7) is 3.29. The maximum absolute atomic E-state index is 12.5. The van der Waals surface area contributed by atoms with Gasteiger partial charge in [-0.05, 0) is 35.4 Å². The molecule has 1 fully saturated rings. The average Bonchev–Trinajstić information content (AvgIpc) is 2.71. The molecule has 2 heterocycles. The molecule has 5 nitrogen and oxygen atoms in total. The molecule has 0 radical (unpaired) electrons. The summed E-state index contributed by atoms with van der Waals surface area (Å²) in [5, 5.41) is 2.72. The normalized spacial score (nSPS) is 15.0. The Morgan fingerprint density at radius 2 is 1.86 bits per heavy atom. The molecule has 0 aliphatic carbocycles. The van der Waals surface area contributed by atoms with Crippen LogP contribution in [0.5, 0.6) is 0 Å². The molecule has 1 aliphatic heterocycles. The topological polar surface area (TPSA) is 54.5 Å². The van der Waals surface area contributed by atoms with Gasteiger partial charge < -0.3 is 15.0 Å². The summed E-state index contributed by atoms with van der Waals surface area (Å²) in [5.74, 6) is 0.540. The van der Waals surface area contributed by atoms with Crippen LogP contribution in [0.15, 0.2) is 48.7 Å². The highest BCUT2D eigenvalue weighted by Gasteiger charge is 2.29. The molecule has 0 atom stereocenters. The monoisotopic (exact) mass is 391 g/mol. The van der Waals surface area contributed by atoms with Crippen molar-refractivity contribution >= 4 is 17.8 Å². The number of anilines is 1. The van der Waals surface area contributed by atoms with Crippen molar-refractivity contribution in [2.24, 2.45) is 0 Å². The van der Waals surface area contributed by atoms with Crippen LogP contribution in [-0.2, 0) is 22.3 Å². The van der Waals surface area contributed by atoms with E-state index < -0.39 is 11.7 Å². The first-order chi connectivity index (χ1) is 13.4. The smallest absolute Gasteiger partial charge is 0.378 e. The summed E-state index contributed by atoms with van der Waals surface area (Å²) in [4.78, 5) is 18.5. The molecule has 0 spiro atoms. The third-order valence-corrected chi connectivity index (χ3v) is 4.28. The molecule has 1 amide bonds. The predicted octanol–water partition coefficient (Wildman–Crippen LogP) is 3.27. The Balaban J connectivity index is 1.49. The number of aromatic nitrogens is 1. The third-order valence-electron chi connectivity index (χ3n) is 4.28. The first-order valence-electron chi connectivity index (χ1n) is 8.82. The highest BCUT2D eigenvalue weighted by Crippen LogP contribution is 2.29. The summed E-state index contributed by atoms with van der Waals surface area (Å²) < 4.78 is 42.9. The predicted molar refractivity (Wildman–Crippen MR) is 99.6 cm³/mol. The van der Waals surface area contributed by atoms with Gasteiger partial charge in [-0.25, -0.2) is 4.98 Å². The van der Waals surface area contributed by atoms with E-state index in [-0.39, 0.29) is 5.91 Å². The minimum Gasteiger partial charge on any atom is -0.378 e. The maximum Gasteiger partial charge on any atom is 0.416 e. The lowest BCUT2D eigenvalue weighted by Gasteiger charge is -2.27. The number of hydrogen-bond donors (Lipinski definition) is 1. The molecule has 1 aromatic heterocycles. The number of benzene rings is 1. The van der Waals surface area contributed by atoms with Crippen molar-refractivity contribution in [1.29, 1.82) is 0 Å². The highest BCUT2D eigenvalue weighted by molar-refractivity contribution is 5.91. The van der Waals surface area contributed by atoms with Crippen LogP contribution in [0.2, 0.25) is 0 Å². The molecule has 0 saturated carbocycles. The van der Waals surface area contributed by atoms with Crippen LogP contribution < -0.4 is 10.2 Å². The Hall–Kier alpha value is -2.87. The van der Waals surface area contributed by atoms with Crippen LogP contribution in [0.3, 0.4) is 0 Å². The number of nitrogens with one attached hydrogen (secondary N) is 1. The Bertz CT molecular complexity index is 812. The number of ether oxygens (including phenoxy) is 1. The van der Waals surface area contributed by atoms with Crippen LogP contribution in [0.4, 0.5) is 19.0 Å². The third kappa shape index (κ3) is 5.56. The fourth-order valence-corrected chi connectivity index (χ4v) is 2.70. The van der Waals surface area contributed by atoms with Gasteiger partial charge in [0.2, 0.25) is 5.91 Å². The van der Waals surface area contributed by atoms with E-state index in [4.69, 9.17) is 4.74 Å². The second kappa shape index (κ2) is 8.88. The fraction of sp³-hybridized carbons (Fsp3) is 0.300. The van der Waals surface area contributed by atoms with Crippen molar-refractivity contribution in [1.82, 2.24) is 10.3 Å². The van der Waals surface area contributed by atoms with Crippen LogP contribution >= 0.6 is 0 Å². The number of carbonyl (C=O) groups excluding carboxylic acids is 1. The Morgan fingerprint density at radius 3 is 2.46 bits per heavy atom. The van der Waals surface area contributed by atoms with Crippen molar-refractivity contribution in [3.05, 3.63) is 65.4 Å². The summed E-state index contributed by atoms with van der Waals surface area (Å²) in [7, 11) is 0. The zero-order valence-corrected chi connectivity index (χ0v) is 15.1. The fourth-order valence-electron chi connectivity index (χ4n) is 2.70. The number of rotatable bonds is 5. The van der Waals surface area contributed by atoms with Gasteiger partial charge in [0.25, 0.3) is 0 Å². The molecular weight excluding hydrogens is 371 g/mol. The molecule has 1 N–H and O–H groups in total. The van der Waals surface area contributed by atoms with Gasteiger partial charge in [-0.15, -0.1) is 0 Å². The number of alkyl halides is 3. The first-order valence-corrected chi connectivity index (χ1v) is 8.82. The standard InChI is InChI=1S/C20H20F3N3O2/c21-20(22,23)17-5-1-15(2-6-17)4-8-19(27)25-14-16-3-7-18(24-13-16)26-9-11-28-12-10-26/h1-8,13H,9-12,14H2,(H,25,27). The number of amides is 1. The van der Waals surface area contributed by atoms with E-state index in [1.165, 1.54) is 24.3 Å². The lowest BCUT2D eigenvalue weighted by Crippen LogP contribution is -2.36. The molecule has 2 aromatic rings. The molecule has 148 valence electrons. The van der Waals surface area contributed by atoms with Crippen molar-refractivity contribution in [2.45, 2.75) is 12.7 Å². The van der Waals surface area contributed by atoms with Crippen LogP contribution in [-0.4, -0.2) is 37.2 Å². The Morgan fingerprint density at radius 1 is 1.14 bits per heavy atom. The maximum atomic E-state index is 12.5. The van der Waals surface area contributed by atoms with Gasteiger partial charge in [0.05, 0.1) is 18.8 Å². The molecule has 28 heavy (non-hydrogen) atoms. The molecule has 3 rings (SSSR count). The quantitative estimate of drug-likeness (QED) is 0.795. The summed E-state index contributed by atoms with van der Waals surface area (Å²) in [6, 6.07) is 8.42. The molecule has 8 heteroatoms. The molecular formula is C20H20F3N3O2. The van der Waals surface area contributed by atoms with E-state index in [1.807, 2.05) is 12.1 Å². The van der Waals surface area contributed by atoms with E-state index in [2.05, 4.69) is 15.2 Å². The Labute approximate surface area is 160 Å². The second-order valence-corrected chi connectivity index (χ2v) is 6.29. The van der Waals surface area contributed by atoms with Gasteiger partial charge in [-0.3, -0.25) is 4.79 Å². The number of halogens is 3. The number of pyridine rings is 1. The first kappa shape index (κ1) is 19.9. The molecule has 1 aromatic carbocycles. The van der Waals surface area contributed by atoms with Crippen molar-refractivity contribution in [3.63, 3.8) is 0 Å². The van der Waals surface area contributed by atoms with Crippen LogP contribution in [0.25, 0.3) is 6.08 Å². The summed E-state index contributed by atoms with van der Waals surface area (Å²) >= 11 is 0. The van der Waals surface area contributed by atoms with Gasteiger partial charge in [0, 0.05) is 31.9 Å². The van der Waals surface area contributed by atoms with E-state index in [0.29, 0.717) is 25.3 Å². The lowest BCUT2D eigenvalue weighted by molar-refractivity contribution is -0.137. The summed E-state index contributed by atoms with van der Waals surface area (Å²) in [5.41, 5.74) is 0.648. The lowest BCUT2D eigenvalue weighted by atomic mass is 10.1. The van der Waals surface area contributed by atoms with E-state index in [1.54, 1.807) is 6.20 Å². The van der Waals surface area contributed by atoms with Crippen molar-refractivity contribution in [2.75, 3.05) is 31.2 Å². The van der Waals surface area contributed by atoms with E-state index in [9.17, 15) is 18.0 Å². The van der Waals surface area contributed by atoms with Crippen molar-refractivity contribution < 1.29 is 22.7 Å². The van der Waals surface area contributed by atoms with Gasteiger partial charge in [-0.2, -0.15) is 13.2 Å². The zero-order valence-electron chi connectivity index (χ0n) is 15.1. The van der Waals surface area contributed by atoms with Gasteiger partial charge in [0.1, 0.15) is 5.82 Å². The zero-order chi connectivity index (χ0) is 20.0. The molecule has 1 saturated heterocycles. The Kier molecular flexibility index (Phi) is 6.30. The molecule has 0 unspecified atom stereocenters. The second-order valence-electron chi connectivity index (χ2n) is 6.29. The molecule has 0 bridgehead atoms. The number of hydrogen-bond acceptors (Lipinski definition) is 4.